The Morgan fingerprint density at radius 3 is 2.19 bits per heavy atom. The zero-order valence-electron chi connectivity index (χ0n) is 15.3. The van der Waals surface area contributed by atoms with Gasteiger partial charge in [0.05, 0.1) is 23.6 Å². The molecule has 7 heteroatoms. The summed E-state index contributed by atoms with van der Waals surface area (Å²) < 4.78 is 39.5. The maximum absolute atomic E-state index is 12.9. The fourth-order valence-corrected chi connectivity index (χ4v) is 4.58. The van der Waals surface area contributed by atoms with Gasteiger partial charge >= 0.3 is 0 Å². The third-order valence-electron chi connectivity index (χ3n) is 3.96. The lowest BCUT2D eigenvalue weighted by molar-refractivity contribution is 0.411. The van der Waals surface area contributed by atoms with Crippen molar-refractivity contribution in [2.45, 2.75) is 31.2 Å². The Hall–Kier alpha value is -1.57. The Morgan fingerprint density at radius 1 is 1.04 bits per heavy atom. The van der Waals surface area contributed by atoms with Crippen LogP contribution >= 0.6 is 15.9 Å². The van der Waals surface area contributed by atoms with E-state index in [-0.39, 0.29) is 10.9 Å². The molecule has 0 heterocycles. The Balaban J connectivity index is 2.32. The topological polar surface area (TPSA) is 64.6 Å². The van der Waals surface area contributed by atoms with E-state index in [0.29, 0.717) is 22.6 Å². The number of benzene rings is 2. The highest BCUT2D eigenvalue weighted by atomic mass is 79.9. The lowest BCUT2D eigenvalue weighted by Gasteiger charge is -2.21. The van der Waals surface area contributed by atoms with Crippen LogP contribution in [-0.4, -0.2) is 22.6 Å². The molecule has 2 aromatic rings. The van der Waals surface area contributed by atoms with Crippen molar-refractivity contribution in [3.63, 3.8) is 0 Å². The number of hydrogen-bond donors (Lipinski definition) is 1. The second-order valence-electron chi connectivity index (χ2n) is 6.37. The Labute approximate surface area is 163 Å². The molecule has 2 aromatic carbocycles. The zero-order chi connectivity index (χ0) is 19.3. The van der Waals surface area contributed by atoms with Gasteiger partial charge in [-0.3, -0.25) is 0 Å². The van der Waals surface area contributed by atoms with Gasteiger partial charge in [-0.2, -0.15) is 0 Å². The minimum absolute atomic E-state index is 0.187. The van der Waals surface area contributed by atoms with E-state index in [2.05, 4.69) is 34.5 Å². The molecule has 0 saturated carbocycles. The second kappa shape index (κ2) is 8.88. The summed E-state index contributed by atoms with van der Waals surface area (Å²) in [7, 11) is -0.545. The predicted octanol–water partition coefficient (Wildman–Crippen LogP) is 4.53. The molecule has 1 atom stereocenters. The maximum atomic E-state index is 12.9. The second-order valence-corrected chi connectivity index (χ2v) is 8.94. The molecule has 0 aliphatic rings. The summed E-state index contributed by atoms with van der Waals surface area (Å²) in [6.07, 6.45) is 0.683. The van der Waals surface area contributed by atoms with Crippen molar-refractivity contribution in [3.8, 4) is 11.5 Å². The molecule has 0 aromatic heterocycles. The predicted molar refractivity (Wildman–Crippen MR) is 106 cm³/mol. The lowest BCUT2D eigenvalue weighted by atomic mass is 9.98. The first-order valence-corrected chi connectivity index (χ1v) is 10.5. The highest BCUT2D eigenvalue weighted by Gasteiger charge is 2.23. The highest BCUT2D eigenvalue weighted by molar-refractivity contribution is 9.10. The van der Waals surface area contributed by atoms with E-state index in [1.54, 1.807) is 19.2 Å². The molecule has 0 radical (unpaired) electrons. The fourth-order valence-electron chi connectivity index (χ4n) is 2.63. The molecule has 142 valence electrons. The molecule has 0 aliphatic heterocycles. The van der Waals surface area contributed by atoms with Gasteiger partial charge in [0.2, 0.25) is 10.0 Å². The fraction of sp³-hybridized carbons (Fsp3) is 0.368. The van der Waals surface area contributed by atoms with Gasteiger partial charge in [0.15, 0.2) is 0 Å². The molecule has 1 N–H and O–H groups in total. The molecule has 1 unspecified atom stereocenters. The van der Waals surface area contributed by atoms with Gasteiger partial charge in [0, 0.05) is 6.04 Å². The van der Waals surface area contributed by atoms with Crippen molar-refractivity contribution >= 4 is 26.0 Å². The molecule has 0 fully saturated rings. The number of ether oxygens (including phenoxy) is 2. The van der Waals surface area contributed by atoms with Crippen LogP contribution in [0.25, 0.3) is 0 Å². The van der Waals surface area contributed by atoms with Crippen LogP contribution in [0.4, 0.5) is 0 Å². The standard InChI is InChI=1S/C19H24BrNO4S/c1-13(2)11-18(14-5-7-15(24-3)8-6-14)21-26(22,23)16-9-10-19(25-4)17(20)12-16/h5-10,12-13,18,21H,11H2,1-4H3. The molecule has 2 rings (SSSR count). The Bertz CT molecular complexity index is 835. The number of rotatable bonds is 8. The van der Waals surface area contributed by atoms with Crippen LogP contribution in [0.1, 0.15) is 31.9 Å². The van der Waals surface area contributed by atoms with Crippen molar-refractivity contribution in [2.24, 2.45) is 5.92 Å². The van der Waals surface area contributed by atoms with Crippen LogP contribution in [-0.2, 0) is 10.0 Å². The number of hydrogen-bond acceptors (Lipinski definition) is 4. The van der Waals surface area contributed by atoms with Gasteiger partial charge in [-0.25, -0.2) is 13.1 Å². The summed E-state index contributed by atoms with van der Waals surface area (Å²) >= 11 is 3.34. The van der Waals surface area contributed by atoms with Crippen molar-refractivity contribution in [2.75, 3.05) is 14.2 Å². The van der Waals surface area contributed by atoms with E-state index in [9.17, 15) is 8.42 Å². The number of sulfonamides is 1. The van der Waals surface area contributed by atoms with Crippen molar-refractivity contribution in [1.82, 2.24) is 4.72 Å². The van der Waals surface area contributed by atoms with Crippen LogP contribution in [0.15, 0.2) is 51.8 Å². The van der Waals surface area contributed by atoms with Gasteiger partial charge < -0.3 is 9.47 Å². The molecular formula is C19H24BrNO4S. The molecule has 0 bridgehead atoms. The first-order valence-electron chi connectivity index (χ1n) is 8.26. The van der Waals surface area contributed by atoms with Crippen molar-refractivity contribution in [1.29, 1.82) is 0 Å². The quantitative estimate of drug-likeness (QED) is 0.653. The third kappa shape index (κ3) is 5.22. The highest BCUT2D eigenvalue weighted by Crippen LogP contribution is 2.29. The number of halogens is 1. The Kier molecular flexibility index (Phi) is 7.08. The summed E-state index contributed by atoms with van der Waals surface area (Å²) in [4.78, 5) is 0.187. The smallest absolute Gasteiger partial charge is 0.241 e. The van der Waals surface area contributed by atoms with E-state index in [0.717, 1.165) is 11.3 Å². The van der Waals surface area contributed by atoms with Crippen LogP contribution in [0.3, 0.4) is 0 Å². The first-order chi connectivity index (χ1) is 12.3. The van der Waals surface area contributed by atoms with Crippen LogP contribution in [0, 0.1) is 5.92 Å². The lowest BCUT2D eigenvalue weighted by Crippen LogP contribution is -2.29. The van der Waals surface area contributed by atoms with Gasteiger partial charge in [-0.15, -0.1) is 0 Å². The molecule has 26 heavy (non-hydrogen) atoms. The van der Waals surface area contributed by atoms with E-state index < -0.39 is 10.0 Å². The average molecular weight is 442 g/mol. The summed E-state index contributed by atoms with van der Waals surface area (Å²) in [5.74, 6) is 1.64. The largest absolute Gasteiger partial charge is 0.497 e. The van der Waals surface area contributed by atoms with Crippen LogP contribution in [0.5, 0.6) is 11.5 Å². The van der Waals surface area contributed by atoms with Gasteiger partial charge in [-0.05, 0) is 64.2 Å². The number of methoxy groups -OCH3 is 2. The summed E-state index contributed by atoms with van der Waals surface area (Å²) in [5, 5.41) is 0. The van der Waals surface area contributed by atoms with Crippen molar-refractivity contribution in [3.05, 3.63) is 52.5 Å². The van der Waals surface area contributed by atoms with Gasteiger partial charge in [-0.1, -0.05) is 26.0 Å². The van der Waals surface area contributed by atoms with Gasteiger partial charge in [0.25, 0.3) is 0 Å². The molecule has 0 saturated heterocycles. The molecule has 0 spiro atoms. The van der Waals surface area contributed by atoms with E-state index in [1.165, 1.54) is 13.2 Å². The SMILES string of the molecule is COc1ccc(C(CC(C)C)NS(=O)(=O)c2ccc(OC)c(Br)c2)cc1. The summed E-state index contributed by atoms with van der Waals surface area (Å²) in [6, 6.07) is 11.8. The summed E-state index contributed by atoms with van der Waals surface area (Å²) in [5.41, 5.74) is 0.899. The number of nitrogens with one attached hydrogen (secondary N) is 1. The van der Waals surface area contributed by atoms with Crippen molar-refractivity contribution < 1.29 is 17.9 Å². The molecule has 0 amide bonds. The van der Waals surface area contributed by atoms with Crippen LogP contribution in [0.2, 0.25) is 0 Å². The maximum Gasteiger partial charge on any atom is 0.241 e. The monoisotopic (exact) mass is 441 g/mol. The van der Waals surface area contributed by atoms with Gasteiger partial charge in [0.1, 0.15) is 11.5 Å². The average Bonchev–Trinajstić information content (AvgIpc) is 2.60. The molecule has 0 aliphatic carbocycles. The third-order valence-corrected chi connectivity index (χ3v) is 6.05. The van der Waals surface area contributed by atoms with E-state index >= 15 is 0 Å². The van der Waals surface area contributed by atoms with E-state index in [4.69, 9.17) is 9.47 Å². The molecule has 5 nitrogen and oxygen atoms in total. The van der Waals surface area contributed by atoms with E-state index in [1.807, 2.05) is 24.3 Å². The first kappa shape index (κ1) is 20.7. The summed E-state index contributed by atoms with van der Waals surface area (Å²) in [6.45, 7) is 4.13. The Morgan fingerprint density at radius 2 is 1.69 bits per heavy atom. The minimum atomic E-state index is -3.68. The minimum Gasteiger partial charge on any atom is -0.497 e. The van der Waals surface area contributed by atoms with Crippen LogP contribution < -0.4 is 14.2 Å². The normalized spacial score (nSPS) is 12.8. The zero-order valence-corrected chi connectivity index (χ0v) is 17.7. The molecular weight excluding hydrogens is 418 g/mol.